The highest BCUT2D eigenvalue weighted by Gasteiger charge is 2.12. The fourth-order valence-corrected chi connectivity index (χ4v) is 1.54. The molecule has 1 aromatic rings. The van der Waals surface area contributed by atoms with E-state index in [1.54, 1.807) is 0 Å². The highest BCUT2D eigenvalue weighted by molar-refractivity contribution is 5.93. The van der Waals surface area contributed by atoms with Gasteiger partial charge in [-0.3, -0.25) is 4.99 Å². The smallest absolute Gasteiger partial charge is 0.0991 e. The Bertz CT molecular complexity index is 411. The van der Waals surface area contributed by atoms with Gasteiger partial charge in [-0.05, 0) is 30.2 Å². The van der Waals surface area contributed by atoms with Crippen molar-refractivity contribution in [3.05, 3.63) is 29.3 Å². The summed E-state index contributed by atoms with van der Waals surface area (Å²) in [4.78, 5) is 4.45. The Morgan fingerprint density at radius 3 is 3.08 bits per heavy atom. The van der Waals surface area contributed by atoms with Crippen LogP contribution in [0, 0.1) is 11.3 Å². The van der Waals surface area contributed by atoms with E-state index in [4.69, 9.17) is 5.26 Å². The summed E-state index contributed by atoms with van der Waals surface area (Å²) >= 11 is 0. The third-order valence-electron chi connectivity index (χ3n) is 2.29. The summed E-state index contributed by atoms with van der Waals surface area (Å²) in [5.74, 6) is 0. The quantitative estimate of drug-likeness (QED) is 0.638. The van der Waals surface area contributed by atoms with Gasteiger partial charge in [-0.2, -0.15) is 5.26 Å². The molecule has 0 atom stereocenters. The number of hydrogen-bond donors (Lipinski definition) is 0. The Hall–Kier alpha value is -1.62. The van der Waals surface area contributed by atoms with Crippen molar-refractivity contribution in [3.63, 3.8) is 0 Å². The van der Waals surface area contributed by atoms with E-state index in [1.807, 2.05) is 18.2 Å². The van der Waals surface area contributed by atoms with Crippen LogP contribution in [0.2, 0.25) is 0 Å². The van der Waals surface area contributed by atoms with Gasteiger partial charge in [-0.15, -0.1) is 0 Å². The van der Waals surface area contributed by atoms with E-state index < -0.39 is 0 Å². The van der Waals surface area contributed by atoms with Gasteiger partial charge in [0.1, 0.15) is 0 Å². The lowest BCUT2D eigenvalue weighted by Crippen LogP contribution is -1.94. The summed E-state index contributed by atoms with van der Waals surface area (Å²) in [6, 6.07) is 7.82. The Kier molecular flexibility index (Phi) is 1.86. The predicted octanol–water partition coefficient (Wildman–Crippen LogP) is 2.60. The van der Waals surface area contributed by atoms with Crippen molar-refractivity contribution in [2.75, 3.05) is 0 Å². The van der Waals surface area contributed by atoms with Crippen LogP contribution in [0.4, 0.5) is 5.69 Å². The number of aliphatic imine (C=N–C) groups is 1. The molecule has 1 aliphatic heterocycles. The van der Waals surface area contributed by atoms with Crippen LogP contribution in [-0.4, -0.2) is 5.71 Å². The molecule has 64 valence electrons. The van der Waals surface area contributed by atoms with Crippen LogP contribution in [0.3, 0.4) is 0 Å². The van der Waals surface area contributed by atoms with Crippen LogP contribution in [0.25, 0.3) is 0 Å². The van der Waals surface area contributed by atoms with Gasteiger partial charge in [-0.25, -0.2) is 0 Å². The summed E-state index contributed by atoms with van der Waals surface area (Å²) in [5, 5.41) is 8.70. The zero-order valence-corrected chi connectivity index (χ0v) is 7.54. The lowest BCUT2D eigenvalue weighted by molar-refractivity contribution is 1.22. The molecule has 0 fully saturated rings. The second-order valence-electron chi connectivity index (χ2n) is 3.16. The molecule has 0 bridgehead atoms. The minimum atomic E-state index is 0.728. The third kappa shape index (κ3) is 1.33. The summed E-state index contributed by atoms with van der Waals surface area (Å²) in [5.41, 5.74) is 4.17. The van der Waals surface area contributed by atoms with Crippen molar-refractivity contribution < 1.29 is 0 Å². The lowest BCUT2D eigenvalue weighted by Gasteiger charge is -1.95. The molecular formula is C11H10N2. The highest BCUT2D eigenvalue weighted by Crippen LogP contribution is 2.27. The topological polar surface area (TPSA) is 36.1 Å². The summed E-state index contributed by atoms with van der Waals surface area (Å²) in [6.45, 7) is 2.11. The van der Waals surface area contributed by atoms with Crippen molar-refractivity contribution in [2.45, 2.75) is 19.8 Å². The monoisotopic (exact) mass is 170 g/mol. The third-order valence-corrected chi connectivity index (χ3v) is 2.29. The van der Waals surface area contributed by atoms with Crippen molar-refractivity contribution in [3.8, 4) is 6.07 Å². The molecule has 2 heteroatoms. The van der Waals surface area contributed by atoms with Crippen LogP contribution in [0.5, 0.6) is 0 Å². The number of benzene rings is 1. The normalized spacial score (nSPS) is 13.4. The minimum Gasteiger partial charge on any atom is -0.257 e. The summed E-state index contributed by atoms with van der Waals surface area (Å²) in [6.07, 6.45) is 1.91. The van der Waals surface area contributed by atoms with E-state index in [1.165, 1.54) is 11.3 Å². The Balaban J connectivity index is 2.40. The maximum absolute atomic E-state index is 8.70. The van der Waals surface area contributed by atoms with Crippen molar-refractivity contribution in [1.29, 1.82) is 5.26 Å². The molecule has 0 N–H and O–H groups in total. The number of fused-ring (bicyclic) bond motifs is 1. The van der Waals surface area contributed by atoms with E-state index in [9.17, 15) is 0 Å². The Morgan fingerprint density at radius 2 is 2.38 bits per heavy atom. The molecule has 1 aliphatic rings. The minimum absolute atomic E-state index is 0.728. The van der Waals surface area contributed by atoms with Gasteiger partial charge in [0.2, 0.25) is 0 Å². The van der Waals surface area contributed by atoms with Crippen LogP contribution in [-0.2, 0) is 6.42 Å². The largest absolute Gasteiger partial charge is 0.257 e. The van der Waals surface area contributed by atoms with E-state index in [0.29, 0.717) is 0 Å². The lowest BCUT2D eigenvalue weighted by atomic mass is 10.1. The van der Waals surface area contributed by atoms with Gasteiger partial charge in [0.05, 0.1) is 17.3 Å². The van der Waals surface area contributed by atoms with E-state index in [-0.39, 0.29) is 0 Å². The van der Waals surface area contributed by atoms with Gasteiger partial charge in [0.15, 0.2) is 0 Å². The second kappa shape index (κ2) is 3.02. The molecule has 2 rings (SSSR count). The fourth-order valence-electron chi connectivity index (χ4n) is 1.54. The average Bonchev–Trinajstić information content (AvgIpc) is 2.58. The van der Waals surface area contributed by atoms with Crippen LogP contribution < -0.4 is 0 Å². The first-order valence-corrected chi connectivity index (χ1v) is 4.43. The first-order chi connectivity index (χ1) is 6.33. The SMILES string of the molecule is CCC1=Nc2ccc(C#N)cc2C1. The average molecular weight is 170 g/mol. The number of nitriles is 1. The molecule has 2 nitrogen and oxygen atoms in total. The van der Waals surface area contributed by atoms with Gasteiger partial charge < -0.3 is 0 Å². The first kappa shape index (κ1) is 8.00. The molecule has 0 radical (unpaired) electrons. The van der Waals surface area contributed by atoms with E-state index in [2.05, 4.69) is 18.0 Å². The number of rotatable bonds is 1. The zero-order chi connectivity index (χ0) is 9.26. The fraction of sp³-hybridized carbons (Fsp3) is 0.273. The first-order valence-electron chi connectivity index (χ1n) is 4.43. The van der Waals surface area contributed by atoms with Gasteiger partial charge in [-0.1, -0.05) is 6.92 Å². The van der Waals surface area contributed by atoms with Gasteiger partial charge in [0, 0.05) is 12.1 Å². The van der Waals surface area contributed by atoms with Crippen molar-refractivity contribution in [2.24, 2.45) is 4.99 Å². The molecule has 13 heavy (non-hydrogen) atoms. The molecule has 0 spiro atoms. The molecule has 0 aromatic heterocycles. The van der Waals surface area contributed by atoms with Gasteiger partial charge >= 0.3 is 0 Å². The molecule has 0 saturated carbocycles. The molecule has 0 unspecified atom stereocenters. The predicted molar refractivity (Wildman–Crippen MR) is 52.2 cm³/mol. The van der Waals surface area contributed by atoms with Crippen molar-refractivity contribution >= 4 is 11.4 Å². The molecule has 0 amide bonds. The zero-order valence-electron chi connectivity index (χ0n) is 7.54. The Labute approximate surface area is 77.5 Å². The van der Waals surface area contributed by atoms with Crippen LogP contribution >= 0.6 is 0 Å². The molecular weight excluding hydrogens is 160 g/mol. The van der Waals surface area contributed by atoms with Crippen LogP contribution in [0.1, 0.15) is 24.5 Å². The maximum Gasteiger partial charge on any atom is 0.0991 e. The van der Waals surface area contributed by atoms with Crippen LogP contribution in [0.15, 0.2) is 23.2 Å². The van der Waals surface area contributed by atoms with Crippen molar-refractivity contribution in [1.82, 2.24) is 0 Å². The molecule has 1 aromatic carbocycles. The highest BCUT2D eigenvalue weighted by atomic mass is 14.8. The van der Waals surface area contributed by atoms with Gasteiger partial charge in [0.25, 0.3) is 0 Å². The molecule has 0 saturated heterocycles. The number of nitrogens with zero attached hydrogens (tertiary/aromatic N) is 2. The molecule has 1 heterocycles. The maximum atomic E-state index is 8.70. The Morgan fingerprint density at radius 1 is 1.54 bits per heavy atom. The molecule has 0 aliphatic carbocycles. The second-order valence-corrected chi connectivity index (χ2v) is 3.16. The van der Waals surface area contributed by atoms with E-state index in [0.717, 1.165) is 24.1 Å². The summed E-state index contributed by atoms with van der Waals surface area (Å²) in [7, 11) is 0. The summed E-state index contributed by atoms with van der Waals surface area (Å²) < 4.78 is 0. The number of hydrogen-bond acceptors (Lipinski definition) is 2. The standard InChI is InChI=1S/C11H10N2/c1-2-10-6-9-5-8(7-12)3-4-11(9)13-10/h3-5H,2,6H2,1H3. The van der Waals surface area contributed by atoms with E-state index >= 15 is 0 Å².